The molecule has 0 bridgehead atoms. The molecule has 1 aromatic heterocycles. The second-order valence-corrected chi connectivity index (χ2v) is 6.06. The van der Waals surface area contributed by atoms with Crippen LogP contribution in [0.2, 0.25) is 0 Å². The fraction of sp³-hybridized carbons (Fsp3) is 0.231. The number of para-hydroxylation sites is 1. The minimum absolute atomic E-state index is 0.300. The third kappa shape index (κ3) is 5.27. The minimum atomic E-state index is -3.67. The zero-order valence-corrected chi connectivity index (χ0v) is 13.6. The molecule has 2 aromatic rings. The zero-order chi connectivity index (χ0) is 17.8. The quantitative estimate of drug-likeness (QED) is 0.357. The molecule has 5 N–H and O–H groups in total. The van der Waals surface area contributed by atoms with Gasteiger partial charge in [0.25, 0.3) is 16.0 Å². The molecule has 0 unspecified atom stereocenters. The van der Waals surface area contributed by atoms with Gasteiger partial charge in [-0.05, 0) is 12.1 Å². The van der Waals surface area contributed by atoms with Crippen LogP contribution in [0.1, 0.15) is 10.5 Å². The van der Waals surface area contributed by atoms with Gasteiger partial charge in [0.05, 0.1) is 18.9 Å². The maximum Gasteiger partial charge on any atom is 0.276 e. The predicted octanol–water partition coefficient (Wildman–Crippen LogP) is 0.646. The summed E-state index contributed by atoms with van der Waals surface area (Å²) in [6, 6.07) is 7.23. The van der Waals surface area contributed by atoms with Crippen molar-refractivity contribution in [1.82, 2.24) is 9.88 Å². The van der Waals surface area contributed by atoms with Gasteiger partial charge in [-0.3, -0.25) is 19.7 Å². The fourth-order valence-corrected chi connectivity index (χ4v) is 1.70. The number of hydrogen-bond acceptors (Lipinski definition) is 5. The summed E-state index contributed by atoms with van der Waals surface area (Å²) in [5.41, 5.74) is 6.39. The summed E-state index contributed by atoms with van der Waals surface area (Å²) < 4.78 is 31.1. The molecule has 1 aromatic carbocycles. The number of aromatic amines is 1. The Balaban J connectivity index is 0.000000463. The molecule has 0 fully saturated rings. The van der Waals surface area contributed by atoms with Gasteiger partial charge in [0, 0.05) is 12.4 Å². The van der Waals surface area contributed by atoms with Crippen molar-refractivity contribution in [3.05, 3.63) is 30.0 Å². The van der Waals surface area contributed by atoms with Crippen molar-refractivity contribution in [2.75, 3.05) is 20.4 Å². The maximum atomic E-state index is 12.0. The van der Waals surface area contributed by atoms with E-state index in [2.05, 4.69) is 4.98 Å². The van der Waals surface area contributed by atoms with E-state index in [1.165, 1.54) is 7.05 Å². The molecule has 0 spiro atoms. The van der Waals surface area contributed by atoms with Crippen molar-refractivity contribution in [3.63, 3.8) is 0 Å². The average molecular weight is 342 g/mol. The first-order valence-electron chi connectivity index (χ1n) is 6.25. The van der Waals surface area contributed by atoms with Crippen molar-refractivity contribution < 1.29 is 22.5 Å². The zero-order valence-electron chi connectivity index (χ0n) is 12.8. The van der Waals surface area contributed by atoms with Gasteiger partial charge in [0.1, 0.15) is 11.4 Å². The topological polar surface area (TPSA) is 150 Å². The Morgan fingerprint density at radius 3 is 2.48 bits per heavy atom. The molecular formula is C13H18N4O5S. The van der Waals surface area contributed by atoms with E-state index in [4.69, 9.17) is 20.4 Å². The number of aromatic nitrogens is 1. The van der Waals surface area contributed by atoms with Crippen molar-refractivity contribution in [2.45, 2.75) is 0 Å². The number of ether oxygens (including phenoxy) is 1. The van der Waals surface area contributed by atoms with E-state index < -0.39 is 10.1 Å². The number of fused-ring (bicyclic) bond motifs is 1. The summed E-state index contributed by atoms with van der Waals surface area (Å²) in [5, 5.41) is 8.11. The molecule has 2 rings (SSSR count). The van der Waals surface area contributed by atoms with Crippen LogP contribution in [0.15, 0.2) is 24.3 Å². The first-order chi connectivity index (χ1) is 10.5. The summed E-state index contributed by atoms with van der Waals surface area (Å²) in [5.74, 6) is 0.00315. The number of hydrogen-bond donors (Lipinski definition) is 4. The summed E-state index contributed by atoms with van der Waals surface area (Å²) in [4.78, 5) is 16.0. The van der Waals surface area contributed by atoms with E-state index in [0.717, 1.165) is 15.8 Å². The van der Waals surface area contributed by atoms with E-state index >= 15 is 0 Å². The largest absolute Gasteiger partial charge is 0.495 e. The monoisotopic (exact) mass is 342 g/mol. The number of benzene rings is 1. The van der Waals surface area contributed by atoms with Crippen LogP contribution in [0.25, 0.3) is 10.9 Å². The fourth-order valence-electron chi connectivity index (χ4n) is 1.70. The van der Waals surface area contributed by atoms with Crippen molar-refractivity contribution in [1.29, 1.82) is 5.41 Å². The van der Waals surface area contributed by atoms with Gasteiger partial charge in [0.15, 0.2) is 5.96 Å². The van der Waals surface area contributed by atoms with Crippen LogP contribution in [-0.2, 0) is 10.1 Å². The van der Waals surface area contributed by atoms with Crippen LogP contribution >= 0.6 is 0 Å². The smallest absolute Gasteiger partial charge is 0.276 e. The molecule has 9 nitrogen and oxygen atoms in total. The van der Waals surface area contributed by atoms with Crippen LogP contribution in [0.3, 0.4) is 0 Å². The van der Waals surface area contributed by atoms with Crippen molar-refractivity contribution in [3.8, 4) is 5.75 Å². The summed E-state index contributed by atoms with van der Waals surface area (Å²) in [6.45, 7) is 0. The van der Waals surface area contributed by atoms with Crippen LogP contribution in [0.4, 0.5) is 0 Å². The second kappa shape index (κ2) is 7.11. The highest BCUT2D eigenvalue weighted by atomic mass is 32.2. The SMILES string of the molecule is COc1cccc2cc(C(=O)N(C)C(=N)N)[nH]c12.CS(=O)(=O)O. The van der Waals surface area contributed by atoms with E-state index in [1.807, 2.05) is 18.2 Å². The number of guanidine groups is 1. The third-order valence-corrected chi connectivity index (χ3v) is 2.73. The van der Waals surface area contributed by atoms with Crippen LogP contribution in [0, 0.1) is 5.41 Å². The molecule has 126 valence electrons. The van der Waals surface area contributed by atoms with Crippen LogP contribution < -0.4 is 10.5 Å². The van der Waals surface area contributed by atoms with Gasteiger partial charge >= 0.3 is 0 Å². The molecule has 0 radical (unpaired) electrons. The number of methoxy groups -OCH3 is 1. The highest BCUT2D eigenvalue weighted by molar-refractivity contribution is 7.85. The first kappa shape index (κ1) is 18.5. The number of amides is 1. The number of nitrogens with one attached hydrogen (secondary N) is 2. The van der Waals surface area contributed by atoms with E-state index in [-0.39, 0.29) is 11.9 Å². The molecule has 0 saturated heterocycles. The lowest BCUT2D eigenvalue weighted by molar-refractivity contribution is 0.0864. The maximum absolute atomic E-state index is 12.0. The molecule has 0 aliphatic carbocycles. The number of H-pyrrole nitrogens is 1. The molecule has 0 aliphatic heterocycles. The molecule has 23 heavy (non-hydrogen) atoms. The number of nitrogens with zero attached hydrogens (tertiary/aromatic N) is 1. The lowest BCUT2D eigenvalue weighted by Gasteiger charge is -2.12. The van der Waals surface area contributed by atoms with Crippen molar-refractivity contribution >= 4 is 32.9 Å². The minimum Gasteiger partial charge on any atom is -0.495 e. The second-order valence-electron chi connectivity index (χ2n) is 4.59. The Morgan fingerprint density at radius 1 is 1.43 bits per heavy atom. The van der Waals surface area contributed by atoms with Gasteiger partial charge < -0.3 is 15.5 Å². The molecule has 0 saturated carbocycles. The first-order valence-corrected chi connectivity index (χ1v) is 8.09. The van der Waals surface area contributed by atoms with Crippen LogP contribution in [0.5, 0.6) is 5.75 Å². The van der Waals surface area contributed by atoms with Gasteiger partial charge in [-0.2, -0.15) is 8.42 Å². The number of carbonyl (C=O) groups excluding carboxylic acids is 1. The number of carbonyl (C=O) groups is 1. The predicted molar refractivity (Wildman–Crippen MR) is 86.3 cm³/mol. The highest BCUT2D eigenvalue weighted by Crippen LogP contribution is 2.25. The van der Waals surface area contributed by atoms with Gasteiger partial charge in [-0.25, -0.2) is 0 Å². The van der Waals surface area contributed by atoms with E-state index in [9.17, 15) is 13.2 Å². The number of nitrogens with two attached hydrogens (primary N) is 1. The van der Waals surface area contributed by atoms with Crippen LogP contribution in [-0.4, -0.2) is 55.1 Å². The molecule has 10 heteroatoms. The molecule has 1 heterocycles. The van der Waals surface area contributed by atoms with Gasteiger partial charge in [0.2, 0.25) is 0 Å². The van der Waals surface area contributed by atoms with E-state index in [0.29, 0.717) is 17.7 Å². The summed E-state index contributed by atoms with van der Waals surface area (Å²) >= 11 is 0. The Kier molecular flexibility index (Phi) is 5.71. The lowest BCUT2D eigenvalue weighted by atomic mass is 10.2. The normalized spacial score (nSPS) is 10.6. The van der Waals surface area contributed by atoms with E-state index in [1.54, 1.807) is 13.2 Å². The van der Waals surface area contributed by atoms with Crippen molar-refractivity contribution in [2.24, 2.45) is 5.73 Å². The molecule has 0 atom stereocenters. The molecular weight excluding hydrogens is 324 g/mol. The Morgan fingerprint density at radius 2 is 2.00 bits per heavy atom. The highest BCUT2D eigenvalue weighted by Gasteiger charge is 2.17. The standard InChI is InChI=1S/C12H14N4O2.CH4O3S/c1-16(12(13)14)11(17)8-6-7-4-3-5-9(18-2)10(7)15-8;1-5(2,3)4/h3-6,15H,1-2H3,(H3,13,14);1H3,(H,2,3,4). The molecule has 0 aliphatic rings. The summed E-state index contributed by atoms with van der Waals surface area (Å²) in [6.07, 6.45) is 0.715. The van der Waals surface area contributed by atoms with Gasteiger partial charge in [-0.1, -0.05) is 12.1 Å². The average Bonchev–Trinajstić information content (AvgIpc) is 2.87. The Hall–Kier alpha value is -2.59. The lowest BCUT2D eigenvalue weighted by Crippen LogP contribution is -2.38. The Bertz CT molecular complexity index is 820. The number of rotatable bonds is 2. The molecule has 1 amide bonds. The Labute approximate surface area is 133 Å². The third-order valence-electron chi connectivity index (χ3n) is 2.73. The summed E-state index contributed by atoms with van der Waals surface area (Å²) in [7, 11) is -0.647. The van der Waals surface area contributed by atoms with Gasteiger partial charge in [-0.15, -0.1) is 0 Å².